The van der Waals surface area contributed by atoms with Crippen molar-refractivity contribution in [1.29, 1.82) is 0 Å². The van der Waals surface area contributed by atoms with Gasteiger partial charge in [-0.15, -0.1) is 0 Å². The number of aromatic nitrogens is 2. The minimum absolute atomic E-state index is 0.322. The number of alkyl halides is 2. The highest BCUT2D eigenvalue weighted by Gasteiger charge is 2.27. The van der Waals surface area contributed by atoms with Crippen molar-refractivity contribution in [1.82, 2.24) is 9.36 Å². The van der Waals surface area contributed by atoms with Gasteiger partial charge in [0.25, 0.3) is 5.92 Å². The average molecular weight is 195 g/mol. The number of halogens is 2. The van der Waals surface area contributed by atoms with Crippen LogP contribution in [0.15, 0.2) is 6.33 Å². The quantitative estimate of drug-likeness (QED) is 0.737. The Balaban J connectivity index is 2.36. The van der Waals surface area contributed by atoms with Crippen molar-refractivity contribution in [2.24, 2.45) is 0 Å². The Bertz CT molecular complexity index is 229. The highest BCUT2D eigenvalue weighted by molar-refractivity contribution is 7.09. The van der Waals surface area contributed by atoms with Crippen molar-refractivity contribution >= 4 is 16.7 Å². The summed E-state index contributed by atoms with van der Waals surface area (Å²) in [6.45, 7) is -1.79. The molecule has 7 heteroatoms. The summed E-state index contributed by atoms with van der Waals surface area (Å²) in [5, 5.41) is 10.9. The predicted molar refractivity (Wildman–Crippen MR) is 40.4 cm³/mol. The third kappa shape index (κ3) is 2.67. The molecule has 0 aromatic carbocycles. The Morgan fingerprint density at radius 3 is 2.92 bits per heavy atom. The van der Waals surface area contributed by atoms with Gasteiger partial charge in [-0.05, 0) is 0 Å². The van der Waals surface area contributed by atoms with Crippen molar-refractivity contribution in [3.63, 3.8) is 0 Å². The van der Waals surface area contributed by atoms with E-state index in [4.69, 9.17) is 5.11 Å². The summed E-state index contributed by atoms with van der Waals surface area (Å²) >= 11 is 0.987. The second-order valence-corrected chi connectivity index (χ2v) is 2.89. The van der Waals surface area contributed by atoms with Crippen LogP contribution < -0.4 is 5.32 Å². The largest absolute Gasteiger partial charge is 0.390 e. The lowest BCUT2D eigenvalue weighted by atomic mass is 10.4. The number of hydrogen-bond acceptors (Lipinski definition) is 5. The Labute approximate surface area is 71.4 Å². The molecular weight excluding hydrogens is 188 g/mol. The van der Waals surface area contributed by atoms with Crippen molar-refractivity contribution in [2.45, 2.75) is 5.92 Å². The van der Waals surface area contributed by atoms with Crippen LogP contribution in [0.25, 0.3) is 0 Å². The highest BCUT2D eigenvalue weighted by atomic mass is 32.1. The molecule has 1 rings (SSSR count). The van der Waals surface area contributed by atoms with Crippen LogP contribution in [0.4, 0.5) is 13.9 Å². The minimum Gasteiger partial charge on any atom is -0.390 e. The van der Waals surface area contributed by atoms with Gasteiger partial charge in [0.2, 0.25) is 5.13 Å². The maximum absolute atomic E-state index is 12.4. The molecule has 0 unspecified atom stereocenters. The summed E-state index contributed by atoms with van der Waals surface area (Å²) in [6.07, 6.45) is 1.27. The van der Waals surface area contributed by atoms with Crippen LogP contribution in [0.1, 0.15) is 0 Å². The molecule has 0 amide bonds. The molecule has 68 valence electrons. The molecule has 1 aromatic heterocycles. The lowest BCUT2D eigenvalue weighted by molar-refractivity contribution is -0.0372. The van der Waals surface area contributed by atoms with E-state index in [1.54, 1.807) is 0 Å². The molecular formula is C5H7F2N3OS. The molecule has 0 atom stereocenters. The highest BCUT2D eigenvalue weighted by Crippen LogP contribution is 2.14. The van der Waals surface area contributed by atoms with Gasteiger partial charge in [-0.25, -0.2) is 13.8 Å². The van der Waals surface area contributed by atoms with Crippen LogP contribution in [-0.4, -0.2) is 33.5 Å². The van der Waals surface area contributed by atoms with Crippen LogP contribution in [0.5, 0.6) is 0 Å². The van der Waals surface area contributed by atoms with Crippen molar-refractivity contribution < 1.29 is 13.9 Å². The van der Waals surface area contributed by atoms with Crippen molar-refractivity contribution in [3.05, 3.63) is 6.33 Å². The van der Waals surface area contributed by atoms with Crippen LogP contribution in [0.3, 0.4) is 0 Å². The molecule has 0 aliphatic heterocycles. The van der Waals surface area contributed by atoms with E-state index in [1.165, 1.54) is 6.33 Å². The topological polar surface area (TPSA) is 58.0 Å². The average Bonchev–Trinajstić information content (AvgIpc) is 2.53. The fraction of sp³-hybridized carbons (Fsp3) is 0.600. The van der Waals surface area contributed by atoms with E-state index in [9.17, 15) is 8.78 Å². The number of nitrogens with one attached hydrogen (secondary N) is 1. The van der Waals surface area contributed by atoms with E-state index in [0.717, 1.165) is 11.5 Å². The number of hydrogen-bond donors (Lipinski definition) is 2. The molecule has 4 nitrogen and oxygen atoms in total. The van der Waals surface area contributed by atoms with Crippen LogP contribution in [0.2, 0.25) is 0 Å². The van der Waals surface area contributed by atoms with Gasteiger partial charge in [0, 0.05) is 11.5 Å². The van der Waals surface area contributed by atoms with E-state index in [0.29, 0.717) is 5.13 Å². The molecule has 0 spiro atoms. The first kappa shape index (κ1) is 9.27. The molecule has 12 heavy (non-hydrogen) atoms. The lowest BCUT2D eigenvalue weighted by Crippen LogP contribution is -2.30. The number of rotatable bonds is 4. The van der Waals surface area contributed by atoms with Crippen LogP contribution >= 0.6 is 11.5 Å². The summed E-state index contributed by atoms with van der Waals surface area (Å²) in [5.74, 6) is -3.11. The van der Waals surface area contributed by atoms with Gasteiger partial charge in [0.15, 0.2) is 0 Å². The van der Waals surface area contributed by atoms with Crippen molar-refractivity contribution in [3.8, 4) is 0 Å². The van der Waals surface area contributed by atoms with Crippen LogP contribution in [-0.2, 0) is 0 Å². The first-order chi connectivity index (χ1) is 5.64. The Hall–Kier alpha value is -0.820. The van der Waals surface area contributed by atoms with Gasteiger partial charge in [0.1, 0.15) is 12.9 Å². The Morgan fingerprint density at radius 1 is 1.67 bits per heavy atom. The smallest absolute Gasteiger partial charge is 0.287 e. The molecule has 1 aromatic rings. The second kappa shape index (κ2) is 3.72. The van der Waals surface area contributed by atoms with Crippen molar-refractivity contribution in [2.75, 3.05) is 18.5 Å². The molecule has 0 radical (unpaired) electrons. The molecule has 0 aliphatic carbocycles. The summed E-state index contributed by atoms with van der Waals surface area (Å²) in [4.78, 5) is 3.63. The zero-order valence-electron chi connectivity index (χ0n) is 6.00. The summed E-state index contributed by atoms with van der Waals surface area (Å²) in [7, 11) is 0. The monoisotopic (exact) mass is 195 g/mol. The van der Waals surface area contributed by atoms with E-state index < -0.39 is 19.1 Å². The van der Waals surface area contributed by atoms with Gasteiger partial charge < -0.3 is 10.4 Å². The minimum atomic E-state index is -3.11. The van der Waals surface area contributed by atoms with E-state index in [1.807, 2.05) is 0 Å². The number of anilines is 1. The maximum atomic E-state index is 12.4. The van der Waals surface area contributed by atoms with Crippen LogP contribution in [0, 0.1) is 0 Å². The Morgan fingerprint density at radius 2 is 2.42 bits per heavy atom. The van der Waals surface area contributed by atoms with Gasteiger partial charge in [-0.1, -0.05) is 0 Å². The Kier molecular flexibility index (Phi) is 2.88. The molecule has 2 N–H and O–H groups in total. The third-order valence-electron chi connectivity index (χ3n) is 1.09. The SMILES string of the molecule is OCC(F)(F)CNc1ncns1. The van der Waals surface area contributed by atoms with Gasteiger partial charge in [0.05, 0.1) is 6.54 Å². The second-order valence-electron chi connectivity index (χ2n) is 2.11. The van der Waals surface area contributed by atoms with Gasteiger partial charge in [-0.2, -0.15) is 4.37 Å². The standard InChI is InChI=1S/C5H7F2N3OS/c6-5(7,2-11)1-8-4-9-3-10-12-4/h3,11H,1-2H2,(H,8,9,10). The lowest BCUT2D eigenvalue weighted by Gasteiger charge is -2.12. The maximum Gasteiger partial charge on any atom is 0.287 e. The first-order valence-corrected chi connectivity index (χ1v) is 3.90. The number of nitrogens with zero attached hydrogens (tertiary/aromatic N) is 2. The normalized spacial score (nSPS) is 11.6. The zero-order chi connectivity index (χ0) is 9.03. The fourth-order valence-corrected chi connectivity index (χ4v) is 0.937. The molecule has 0 saturated carbocycles. The molecule has 0 fully saturated rings. The zero-order valence-corrected chi connectivity index (χ0v) is 6.81. The third-order valence-corrected chi connectivity index (χ3v) is 1.71. The molecule has 0 aliphatic rings. The number of aliphatic hydroxyl groups excluding tert-OH is 1. The summed E-state index contributed by atoms with van der Waals surface area (Å²) < 4.78 is 28.4. The predicted octanol–water partition coefficient (Wildman–Crippen LogP) is 0.578. The molecule has 1 heterocycles. The van der Waals surface area contributed by atoms with Gasteiger partial charge >= 0.3 is 0 Å². The molecule has 0 saturated heterocycles. The summed E-state index contributed by atoms with van der Waals surface area (Å²) in [6, 6.07) is 0. The summed E-state index contributed by atoms with van der Waals surface area (Å²) in [5.41, 5.74) is 0. The van der Waals surface area contributed by atoms with E-state index in [2.05, 4.69) is 14.7 Å². The van der Waals surface area contributed by atoms with Gasteiger partial charge in [-0.3, -0.25) is 0 Å². The van der Waals surface area contributed by atoms with E-state index >= 15 is 0 Å². The fourth-order valence-electron chi connectivity index (χ4n) is 0.512. The first-order valence-electron chi connectivity index (χ1n) is 3.13. The molecule has 0 bridgehead atoms. The number of aliphatic hydroxyl groups is 1. The van der Waals surface area contributed by atoms with E-state index in [-0.39, 0.29) is 0 Å².